The molecule has 7 aromatic carbocycles. The van der Waals surface area contributed by atoms with E-state index in [1.54, 1.807) is 0 Å². The summed E-state index contributed by atoms with van der Waals surface area (Å²) in [6.07, 6.45) is 0. The first-order valence-corrected chi connectivity index (χ1v) is 16.9. The van der Waals surface area contributed by atoms with Crippen molar-refractivity contribution in [3.8, 4) is 23.3 Å². The number of aromatic nitrogens is 6. The molecule has 11 aromatic rings. The third-order valence-corrected chi connectivity index (χ3v) is 9.99. The minimum Gasteiger partial charge on any atom is -0.279 e. The summed E-state index contributed by atoms with van der Waals surface area (Å²) in [5, 5.41) is 4.75. The van der Waals surface area contributed by atoms with Gasteiger partial charge in [0.2, 0.25) is 11.9 Å². The number of imidazole rings is 2. The molecule has 0 saturated carbocycles. The molecule has 6 nitrogen and oxygen atoms in total. The SMILES string of the molecule is c1ccc(-n2c(-n3c4ccccc4c4c5c6ccccc6n(-c6nc7ccccc7n6-c6ccccc6)c5ccc43)nc3ccccc32)cc1. The fraction of sp³-hybridized carbons (Fsp3) is 0. The third kappa shape index (κ3) is 3.67. The lowest BCUT2D eigenvalue weighted by molar-refractivity contribution is 0.952. The van der Waals surface area contributed by atoms with Crippen molar-refractivity contribution in [1.29, 1.82) is 0 Å². The van der Waals surface area contributed by atoms with Crippen LogP contribution in [0, 0.1) is 0 Å². The van der Waals surface area contributed by atoms with Gasteiger partial charge in [0, 0.05) is 32.9 Å². The van der Waals surface area contributed by atoms with Gasteiger partial charge in [0.25, 0.3) is 0 Å². The van der Waals surface area contributed by atoms with Crippen LogP contribution in [0.5, 0.6) is 0 Å². The number of benzene rings is 7. The normalized spacial score (nSPS) is 12.0. The minimum atomic E-state index is 0.859. The highest BCUT2D eigenvalue weighted by molar-refractivity contribution is 6.28. The topological polar surface area (TPSA) is 45.5 Å². The molecule has 234 valence electrons. The van der Waals surface area contributed by atoms with Crippen LogP contribution in [0.15, 0.2) is 170 Å². The van der Waals surface area contributed by atoms with Crippen molar-refractivity contribution in [2.45, 2.75) is 0 Å². The zero-order chi connectivity index (χ0) is 32.8. The van der Waals surface area contributed by atoms with E-state index in [2.05, 4.69) is 188 Å². The number of para-hydroxylation sites is 8. The second kappa shape index (κ2) is 10.3. The van der Waals surface area contributed by atoms with Gasteiger partial charge in [0.1, 0.15) is 0 Å². The maximum atomic E-state index is 5.30. The van der Waals surface area contributed by atoms with Crippen molar-refractivity contribution < 1.29 is 0 Å². The van der Waals surface area contributed by atoms with Gasteiger partial charge in [-0.25, -0.2) is 9.97 Å². The summed E-state index contributed by atoms with van der Waals surface area (Å²) in [7, 11) is 0. The Hall–Kier alpha value is -6.92. The van der Waals surface area contributed by atoms with Crippen LogP contribution in [0.3, 0.4) is 0 Å². The summed E-state index contributed by atoms with van der Waals surface area (Å²) >= 11 is 0. The summed E-state index contributed by atoms with van der Waals surface area (Å²) in [6, 6.07) is 59.8. The molecule has 0 aliphatic heterocycles. The summed E-state index contributed by atoms with van der Waals surface area (Å²) < 4.78 is 9.22. The minimum absolute atomic E-state index is 0.859. The lowest BCUT2D eigenvalue weighted by atomic mass is 10.1. The fourth-order valence-electron chi connectivity index (χ4n) is 7.94. The van der Waals surface area contributed by atoms with Crippen LogP contribution in [-0.2, 0) is 0 Å². The van der Waals surface area contributed by atoms with E-state index in [1.807, 2.05) is 0 Å². The molecular formula is C44H28N6. The second-order valence-corrected chi connectivity index (χ2v) is 12.7. The molecule has 0 spiro atoms. The van der Waals surface area contributed by atoms with Gasteiger partial charge in [-0.2, -0.15) is 0 Å². The van der Waals surface area contributed by atoms with E-state index in [9.17, 15) is 0 Å². The van der Waals surface area contributed by atoms with Gasteiger partial charge in [0.05, 0.1) is 44.1 Å². The number of nitrogens with zero attached hydrogens (tertiary/aromatic N) is 6. The van der Waals surface area contributed by atoms with Gasteiger partial charge < -0.3 is 0 Å². The van der Waals surface area contributed by atoms with Gasteiger partial charge in [-0.3, -0.25) is 18.3 Å². The molecule has 6 heteroatoms. The molecule has 0 aliphatic rings. The van der Waals surface area contributed by atoms with Gasteiger partial charge in [-0.15, -0.1) is 0 Å². The fourth-order valence-corrected chi connectivity index (χ4v) is 7.94. The molecule has 0 atom stereocenters. The Morgan fingerprint density at radius 1 is 0.280 bits per heavy atom. The predicted octanol–water partition coefficient (Wildman–Crippen LogP) is 10.6. The van der Waals surface area contributed by atoms with Crippen molar-refractivity contribution in [2.75, 3.05) is 0 Å². The molecule has 0 amide bonds. The summed E-state index contributed by atoms with van der Waals surface area (Å²) in [5.41, 5.74) is 10.6. The van der Waals surface area contributed by atoms with Crippen LogP contribution in [-0.4, -0.2) is 28.2 Å². The van der Waals surface area contributed by atoms with Crippen LogP contribution in [0.4, 0.5) is 0 Å². The van der Waals surface area contributed by atoms with Crippen LogP contribution in [0.25, 0.3) is 88.9 Å². The van der Waals surface area contributed by atoms with Crippen LogP contribution in [0.1, 0.15) is 0 Å². The van der Waals surface area contributed by atoms with Gasteiger partial charge >= 0.3 is 0 Å². The Morgan fingerprint density at radius 2 is 0.640 bits per heavy atom. The predicted molar refractivity (Wildman–Crippen MR) is 204 cm³/mol. The monoisotopic (exact) mass is 640 g/mol. The Bertz CT molecular complexity index is 2880. The number of hydrogen-bond acceptors (Lipinski definition) is 2. The zero-order valence-electron chi connectivity index (χ0n) is 26.8. The molecule has 4 heterocycles. The van der Waals surface area contributed by atoms with E-state index in [0.29, 0.717) is 0 Å². The first kappa shape index (κ1) is 27.1. The number of rotatable bonds is 4. The molecule has 0 bridgehead atoms. The number of fused-ring (bicyclic) bond motifs is 9. The lowest BCUT2D eigenvalue weighted by Gasteiger charge is -2.13. The van der Waals surface area contributed by atoms with Gasteiger partial charge in [-0.05, 0) is 72.8 Å². The largest absolute Gasteiger partial charge is 0.279 e. The third-order valence-electron chi connectivity index (χ3n) is 9.99. The van der Waals surface area contributed by atoms with E-state index < -0.39 is 0 Å². The molecular weight excluding hydrogens is 613 g/mol. The van der Waals surface area contributed by atoms with Crippen molar-refractivity contribution in [3.05, 3.63) is 170 Å². The molecule has 0 N–H and O–H groups in total. The first-order chi connectivity index (χ1) is 24.8. The van der Waals surface area contributed by atoms with Gasteiger partial charge in [0.15, 0.2) is 0 Å². The molecule has 50 heavy (non-hydrogen) atoms. The number of hydrogen-bond donors (Lipinski definition) is 0. The average molecular weight is 641 g/mol. The molecule has 11 rings (SSSR count). The highest BCUT2D eigenvalue weighted by Crippen LogP contribution is 2.43. The summed E-state index contributed by atoms with van der Waals surface area (Å²) in [5.74, 6) is 1.72. The lowest BCUT2D eigenvalue weighted by Crippen LogP contribution is -2.06. The maximum absolute atomic E-state index is 5.30. The second-order valence-electron chi connectivity index (χ2n) is 12.7. The van der Waals surface area contributed by atoms with Crippen LogP contribution >= 0.6 is 0 Å². The quantitative estimate of drug-likeness (QED) is 0.192. The highest BCUT2D eigenvalue weighted by Gasteiger charge is 2.25. The van der Waals surface area contributed by atoms with E-state index in [1.165, 1.54) is 21.5 Å². The Balaban J connectivity index is 1.30. The standard InChI is InChI=1S/C44H28N6/c1-3-15-29(16-4-1)47-37-25-13-9-21-33(37)45-43(47)49-35-23-11-7-19-31(35)41-39(49)27-28-40-42(41)32-20-8-12-24-36(32)50(40)44-46-34-22-10-14-26-38(34)48(44)30-17-5-2-6-18-30/h1-28H. The van der Waals surface area contributed by atoms with Gasteiger partial charge in [-0.1, -0.05) is 97.1 Å². The van der Waals surface area contributed by atoms with E-state index >= 15 is 0 Å². The molecule has 0 fully saturated rings. The maximum Gasteiger partial charge on any atom is 0.220 e. The Kier molecular flexibility index (Phi) is 5.57. The van der Waals surface area contributed by atoms with Crippen molar-refractivity contribution in [3.63, 3.8) is 0 Å². The van der Waals surface area contributed by atoms with Crippen LogP contribution in [0.2, 0.25) is 0 Å². The first-order valence-electron chi connectivity index (χ1n) is 16.9. The molecule has 0 aliphatic carbocycles. The zero-order valence-corrected chi connectivity index (χ0v) is 26.8. The van der Waals surface area contributed by atoms with Crippen molar-refractivity contribution >= 4 is 65.7 Å². The smallest absolute Gasteiger partial charge is 0.220 e. The van der Waals surface area contributed by atoms with E-state index in [0.717, 1.165) is 67.4 Å². The summed E-state index contributed by atoms with van der Waals surface area (Å²) in [4.78, 5) is 10.6. The molecule has 0 radical (unpaired) electrons. The summed E-state index contributed by atoms with van der Waals surface area (Å²) in [6.45, 7) is 0. The highest BCUT2D eigenvalue weighted by atomic mass is 15.3. The Labute approximate surface area is 286 Å². The van der Waals surface area contributed by atoms with Crippen molar-refractivity contribution in [1.82, 2.24) is 28.2 Å². The van der Waals surface area contributed by atoms with Crippen molar-refractivity contribution in [2.24, 2.45) is 0 Å². The Morgan fingerprint density at radius 3 is 1.08 bits per heavy atom. The van der Waals surface area contributed by atoms with E-state index in [-0.39, 0.29) is 0 Å². The van der Waals surface area contributed by atoms with Crippen LogP contribution < -0.4 is 0 Å². The van der Waals surface area contributed by atoms with E-state index in [4.69, 9.17) is 9.97 Å². The molecule has 0 unspecified atom stereocenters. The average Bonchev–Trinajstić information content (AvgIpc) is 3.92. The molecule has 4 aromatic heterocycles. The molecule has 0 saturated heterocycles.